The van der Waals surface area contributed by atoms with Gasteiger partial charge >= 0.3 is 0 Å². The van der Waals surface area contributed by atoms with Gasteiger partial charge in [-0.15, -0.1) is 0 Å². The molecule has 0 saturated carbocycles. The number of benzene rings is 1. The SMILES string of the molecule is COc1ccc(C(=O)/C=C/c2cccn2C)cc1OC. The first-order chi connectivity index (χ1) is 9.65. The van der Waals surface area contributed by atoms with E-state index in [2.05, 4.69) is 0 Å². The first-order valence-corrected chi connectivity index (χ1v) is 6.21. The summed E-state index contributed by atoms with van der Waals surface area (Å²) in [6.07, 6.45) is 5.27. The molecule has 0 unspecified atom stereocenters. The molecule has 1 heterocycles. The topological polar surface area (TPSA) is 40.5 Å². The molecule has 0 aliphatic heterocycles. The number of carbonyl (C=O) groups is 1. The van der Waals surface area contributed by atoms with Crippen LogP contribution in [0.25, 0.3) is 6.08 Å². The number of rotatable bonds is 5. The third kappa shape index (κ3) is 2.91. The van der Waals surface area contributed by atoms with Crippen LogP contribution < -0.4 is 9.47 Å². The molecule has 1 aromatic heterocycles. The molecule has 2 rings (SSSR count). The number of hydrogen-bond donors (Lipinski definition) is 0. The van der Waals surface area contributed by atoms with Crippen molar-refractivity contribution in [3.63, 3.8) is 0 Å². The number of aromatic nitrogens is 1. The van der Waals surface area contributed by atoms with Crippen LogP contribution in [0.3, 0.4) is 0 Å². The summed E-state index contributed by atoms with van der Waals surface area (Å²) in [6.45, 7) is 0. The van der Waals surface area contributed by atoms with Crippen molar-refractivity contribution in [1.29, 1.82) is 0 Å². The van der Waals surface area contributed by atoms with Gasteiger partial charge in [-0.1, -0.05) is 0 Å². The smallest absolute Gasteiger partial charge is 0.186 e. The van der Waals surface area contributed by atoms with Crippen LogP contribution in [0.1, 0.15) is 16.1 Å². The van der Waals surface area contributed by atoms with E-state index in [0.717, 1.165) is 5.69 Å². The maximum Gasteiger partial charge on any atom is 0.186 e. The standard InChI is InChI=1S/C16H17NO3/c1-17-10-4-5-13(17)7-8-14(18)12-6-9-15(19-2)16(11-12)20-3/h4-11H,1-3H3/b8-7+. The zero-order valence-corrected chi connectivity index (χ0v) is 11.8. The first-order valence-electron chi connectivity index (χ1n) is 6.21. The highest BCUT2D eigenvalue weighted by atomic mass is 16.5. The van der Waals surface area contributed by atoms with E-state index < -0.39 is 0 Å². The first kappa shape index (κ1) is 13.9. The minimum absolute atomic E-state index is 0.0767. The summed E-state index contributed by atoms with van der Waals surface area (Å²) >= 11 is 0. The average Bonchev–Trinajstić information content (AvgIpc) is 2.89. The van der Waals surface area contributed by atoms with Gasteiger partial charge in [0.25, 0.3) is 0 Å². The zero-order valence-electron chi connectivity index (χ0n) is 11.8. The molecule has 2 aromatic rings. The third-order valence-corrected chi connectivity index (χ3v) is 3.06. The van der Waals surface area contributed by atoms with Crippen molar-refractivity contribution in [2.24, 2.45) is 7.05 Å². The lowest BCUT2D eigenvalue weighted by molar-refractivity contribution is 0.104. The number of hydrogen-bond acceptors (Lipinski definition) is 3. The summed E-state index contributed by atoms with van der Waals surface area (Å²) in [4.78, 5) is 12.1. The lowest BCUT2D eigenvalue weighted by Gasteiger charge is -2.08. The van der Waals surface area contributed by atoms with Crippen LogP contribution >= 0.6 is 0 Å². The third-order valence-electron chi connectivity index (χ3n) is 3.06. The van der Waals surface area contributed by atoms with E-state index in [1.807, 2.05) is 29.9 Å². The van der Waals surface area contributed by atoms with Crippen LogP contribution in [0.15, 0.2) is 42.6 Å². The van der Waals surface area contributed by atoms with Crippen molar-refractivity contribution in [3.8, 4) is 11.5 Å². The predicted molar refractivity (Wildman–Crippen MR) is 78.3 cm³/mol. The highest BCUT2D eigenvalue weighted by molar-refractivity contribution is 6.07. The van der Waals surface area contributed by atoms with Crippen LogP contribution in [-0.4, -0.2) is 24.6 Å². The minimum Gasteiger partial charge on any atom is -0.493 e. The minimum atomic E-state index is -0.0767. The van der Waals surface area contributed by atoms with Gasteiger partial charge in [0.1, 0.15) is 0 Å². The number of ether oxygens (including phenoxy) is 2. The summed E-state index contributed by atoms with van der Waals surface area (Å²) in [7, 11) is 5.04. The molecule has 0 N–H and O–H groups in total. The van der Waals surface area contributed by atoms with Gasteiger partial charge in [0, 0.05) is 24.5 Å². The summed E-state index contributed by atoms with van der Waals surface area (Å²) < 4.78 is 12.3. The van der Waals surface area contributed by atoms with E-state index in [-0.39, 0.29) is 5.78 Å². The Balaban J connectivity index is 2.21. The van der Waals surface area contributed by atoms with Crippen molar-refractivity contribution in [2.45, 2.75) is 0 Å². The molecule has 0 atom stereocenters. The van der Waals surface area contributed by atoms with Crippen molar-refractivity contribution < 1.29 is 14.3 Å². The molecule has 0 bridgehead atoms. The molecule has 0 radical (unpaired) electrons. The second-order valence-electron chi connectivity index (χ2n) is 4.31. The zero-order chi connectivity index (χ0) is 14.5. The Morgan fingerprint density at radius 2 is 1.90 bits per heavy atom. The van der Waals surface area contributed by atoms with E-state index >= 15 is 0 Å². The lowest BCUT2D eigenvalue weighted by atomic mass is 10.1. The van der Waals surface area contributed by atoms with Gasteiger partial charge < -0.3 is 14.0 Å². The largest absolute Gasteiger partial charge is 0.493 e. The van der Waals surface area contributed by atoms with E-state index in [0.29, 0.717) is 17.1 Å². The number of ketones is 1. The molecule has 1 aromatic carbocycles. The monoisotopic (exact) mass is 271 g/mol. The molecule has 104 valence electrons. The normalized spacial score (nSPS) is 10.8. The fourth-order valence-corrected chi connectivity index (χ4v) is 1.89. The Hall–Kier alpha value is -2.49. The summed E-state index contributed by atoms with van der Waals surface area (Å²) in [5, 5.41) is 0. The summed E-state index contributed by atoms with van der Waals surface area (Å²) in [5.74, 6) is 1.08. The fraction of sp³-hybridized carbons (Fsp3) is 0.188. The van der Waals surface area contributed by atoms with Crippen LogP contribution in [-0.2, 0) is 7.05 Å². The molecule has 0 saturated heterocycles. The molecule has 0 spiro atoms. The van der Waals surface area contributed by atoms with Gasteiger partial charge in [-0.25, -0.2) is 0 Å². The van der Waals surface area contributed by atoms with Crippen LogP contribution in [0.5, 0.6) is 11.5 Å². The fourth-order valence-electron chi connectivity index (χ4n) is 1.89. The van der Waals surface area contributed by atoms with Gasteiger partial charge in [-0.2, -0.15) is 0 Å². The van der Waals surface area contributed by atoms with Crippen molar-refractivity contribution in [3.05, 3.63) is 53.9 Å². The Morgan fingerprint density at radius 3 is 2.50 bits per heavy atom. The second-order valence-corrected chi connectivity index (χ2v) is 4.31. The van der Waals surface area contributed by atoms with Crippen LogP contribution in [0.2, 0.25) is 0 Å². The van der Waals surface area contributed by atoms with E-state index in [4.69, 9.17) is 9.47 Å². The molecule has 0 aliphatic rings. The van der Waals surface area contributed by atoms with Crippen LogP contribution in [0, 0.1) is 0 Å². The Morgan fingerprint density at radius 1 is 1.15 bits per heavy atom. The quantitative estimate of drug-likeness (QED) is 0.620. The van der Waals surface area contributed by atoms with E-state index in [9.17, 15) is 4.79 Å². The molecule has 0 amide bonds. The summed E-state index contributed by atoms with van der Waals surface area (Å²) in [5.41, 5.74) is 1.53. The number of allylic oxidation sites excluding steroid dienone is 1. The molecule has 4 heteroatoms. The molecule has 20 heavy (non-hydrogen) atoms. The molecule has 4 nitrogen and oxygen atoms in total. The van der Waals surface area contributed by atoms with Crippen molar-refractivity contribution in [1.82, 2.24) is 4.57 Å². The van der Waals surface area contributed by atoms with Gasteiger partial charge in [0.05, 0.1) is 14.2 Å². The maximum absolute atomic E-state index is 12.1. The van der Waals surface area contributed by atoms with Crippen LogP contribution in [0.4, 0.5) is 0 Å². The number of nitrogens with zero attached hydrogens (tertiary/aromatic N) is 1. The maximum atomic E-state index is 12.1. The number of methoxy groups -OCH3 is 2. The highest BCUT2D eigenvalue weighted by Crippen LogP contribution is 2.27. The number of aryl methyl sites for hydroxylation is 1. The van der Waals surface area contributed by atoms with E-state index in [1.54, 1.807) is 44.6 Å². The summed E-state index contributed by atoms with van der Waals surface area (Å²) in [6, 6.07) is 9.00. The van der Waals surface area contributed by atoms with Crippen molar-refractivity contribution in [2.75, 3.05) is 14.2 Å². The molecule has 0 aliphatic carbocycles. The van der Waals surface area contributed by atoms with Gasteiger partial charge in [0.2, 0.25) is 0 Å². The van der Waals surface area contributed by atoms with Gasteiger partial charge in [0.15, 0.2) is 17.3 Å². The molecular formula is C16H17NO3. The van der Waals surface area contributed by atoms with Gasteiger partial charge in [-0.3, -0.25) is 4.79 Å². The highest BCUT2D eigenvalue weighted by Gasteiger charge is 2.08. The lowest BCUT2D eigenvalue weighted by Crippen LogP contribution is -1.98. The molecule has 0 fully saturated rings. The Kier molecular flexibility index (Phi) is 4.25. The number of carbonyl (C=O) groups excluding carboxylic acids is 1. The Labute approximate surface area is 118 Å². The van der Waals surface area contributed by atoms with E-state index in [1.165, 1.54) is 0 Å². The second kappa shape index (κ2) is 6.10. The predicted octanol–water partition coefficient (Wildman–Crippen LogP) is 2.94. The van der Waals surface area contributed by atoms with Gasteiger partial charge in [-0.05, 0) is 42.5 Å². The molecular weight excluding hydrogens is 254 g/mol. The van der Waals surface area contributed by atoms with Crippen molar-refractivity contribution >= 4 is 11.9 Å². The Bertz CT molecular complexity index is 641. The average molecular weight is 271 g/mol.